The van der Waals surface area contributed by atoms with Gasteiger partial charge in [-0.2, -0.15) is 0 Å². The Morgan fingerprint density at radius 3 is 1.52 bits per heavy atom. The Kier molecular flexibility index (Phi) is 6.42. The third kappa shape index (κ3) is 5.79. The van der Waals surface area contributed by atoms with Crippen LogP contribution in [0.4, 0.5) is 0 Å². The summed E-state index contributed by atoms with van der Waals surface area (Å²) in [6, 6.07) is 11.1. The van der Waals surface area contributed by atoms with Gasteiger partial charge in [-0.1, -0.05) is 76.9 Å². The summed E-state index contributed by atoms with van der Waals surface area (Å²) in [7, 11) is -4.18. The summed E-state index contributed by atoms with van der Waals surface area (Å²) < 4.78 is 25.0. The highest BCUT2D eigenvalue weighted by atomic mass is 31.2. The van der Waals surface area contributed by atoms with Crippen LogP contribution in [0.15, 0.2) is 41.3 Å². The minimum Gasteiger partial charge on any atom is -0.411 e. The van der Waals surface area contributed by atoms with E-state index in [0.29, 0.717) is 11.5 Å². The second-order valence-electron chi connectivity index (χ2n) is 9.33. The van der Waals surface area contributed by atoms with Crippen LogP contribution in [0.1, 0.15) is 63.8 Å². The average molecular weight is 415 g/mol. The summed E-state index contributed by atoms with van der Waals surface area (Å²) in [5.41, 5.74) is 12.3. The van der Waals surface area contributed by atoms with Crippen LogP contribution in [-0.2, 0) is 15.4 Å². The van der Waals surface area contributed by atoms with E-state index in [1.165, 1.54) is 0 Å². The van der Waals surface area contributed by atoms with E-state index in [-0.39, 0.29) is 10.8 Å². The van der Waals surface area contributed by atoms with Gasteiger partial charge in [0, 0.05) is 20.9 Å². The Labute approximate surface area is 173 Å². The molecule has 2 rings (SSSR count). The van der Waals surface area contributed by atoms with Gasteiger partial charge in [-0.25, -0.2) is 4.57 Å². The maximum absolute atomic E-state index is 13.4. The molecule has 0 fully saturated rings. The highest BCUT2D eigenvalue weighted by Gasteiger charge is 2.32. The molecule has 0 aliphatic rings. The molecule has 0 bridgehead atoms. The highest BCUT2D eigenvalue weighted by molar-refractivity contribution is 7.53. The zero-order chi connectivity index (χ0) is 22.0. The van der Waals surface area contributed by atoms with Crippen LogP contribution in [0, 0.1) is 13.8 Å². The Hall–Kier alpha value is -2.42. The van der Waals surface area contributed by atoms with E-state index < -0.39 is 7.75 Å². The summed E-state index contributed by atoms with van der Waals surface area (Å²) >= 11 is 0. The van der Waals surface area contributed by atoms with E-state index >= 15 is 0 Å². The molecule has 0 unspecified atom stereocenters. The van der Waals surface area contributed by atoms with Crippen LogP contribution >= 0.6 is 7.75 Å². The smallest absolute Gasteiger partial charge is 0.411 e. The summed E-state index contributed by atoms with van der Waals surface area (Å²) in [5.74, 6) is 0.756. The molecule has 7 heteroatoms. The lowest BCUT2D eigenvalue weighted by Crippen LogP contribution is -2.15. The summed E-state index contributed by atoms with van der Waals surface area (Å²) in [5, 5.41) is 0. The predicted molar refractivity (Wildman–Crippen MR) is 118 cm³/mol. The molecule has 156 valence electrons. The fraction of sp³-hybridized carbons (Fsp3) is 0.455. The first-order chi connectivity index (χ1) is 13.2. The number of aryl methyl sites for hydroxylation is 2. The monoisotopic (exact) mass is 415 g/mol. The van der Waals surface area contributed by atoms with Gasteiger partial charge in [0.15, 0.2) is 0 Å². The minimum absolute atomic E-state index is 0.261. The van der Waals surface area contributed by atoms with Crippen molar-refractivity contribution in [2.45, 2.75) is 66.2 Å². The Balaban J connectivity index is 2.54. The third-order valence-corrected chi connectivity index (χ3v) is 5.62. The molecule has 2 aromatic rings. The fourth-order valence-electron chi connectivity index (χ4n) is 2.97. The summed E-state index contributed by atoms with van der Waals surface area (Å²) in [6.07, 6.45) is 0. The van der Waals surface area contributed by atoms with E-state index in [0.717, 1.165) is 22.3 Å². The first-order valence-corrected chi connectivity index (χ1v) is 11.0. The lowest BCUT2D eigenvalue weighted by Gasteiger charge is -2.27. The van der Waals surface area contributed by atoms with Crippen LogP contribution in [0.3, 0.4) is 0 Å². The zero-order valence-corrected chi connectivity index (χ0v) is 19.4. The quantitative estimate of drug-likeness (QED) is 0.216. The number of hydrogen-bond acceptors (Lipinski definition) is 3. The van der Waals surface area contributed by atoms with Crippen molar-refractivity contribution in [3.63, 3.8) is 0 Å². The van der Waals surface area contributed by atoms with E-state index in [9.17, 15) is 4.57 Å². The van der Waals surface area contributed by atoms with Crippen molar-refractivity contribution in [1.29, 1.82) is 0 Å². The van der Waals surface area contributed by atoms with Crippen LogP contribution < -0.4 is 9.05 Å². The predicted octanol–water partition coefficient (Wildman–Crippen LogP) is 7.77. The molecule has 0 aliphatic carbocycles. The first kappa shape index (κ1) is 22.9. The molecule has 29 heavy (non-hydrogen) atoms. The molecule has 6 nitrogen and oxygen atoms in total. The fourth-order valence-corrected chi connectivity index (χ4v) is 4.00. The lowest BCUT2D eigenvalue weighted by molar-refractivity contribution is 0.376. The molecule has 0 radical (unpaired) electrons. The molecule has 0 aliphatic heterocycles. The molecule has 0 atom stereocenters. The second kappa shape index (κ2) is 8.14. The van der Waals surface area contributed by atoms with Gasteiger partial charge < -0.3 is 9.05 Å². The van der Waals surface area contributed by atoms with E-state index in [2.05, 4.69) is 9.80 Å². The van der Waals surface area contributed by atoms with Crippen LogP contribution in [0.5, 0.6) is 11.5 Å². The minimum atomic E-state index is -4.18. The summed E-state index contributed by atoms with van der Waals surface area (Å²) in [4.78, 5) is 6.16. The van der Waals surface area contributed by atoms with Crippen molar-refractivity contribution < 1.29 is 13.6 Å². The van der Waals surface area contributed by atoms with Crippen molar-refractivity contribution in [1.82, 2.24) is 0 Å². The molecule has 2 aromatic carbocycles. The zero-order valence-electron chi connectivity index (χ0n) is 18.5. The number of azide groups is 1. The Morgan fingerprint density at radius 2 is 1.21 bits per heavy atom. The average Bonchev–Trinajstić information content (AvgIpc) is 2.56. The molecule has 0 N–H and O–H groups in total. The second-order valence-corrected chi connectivity index (χ2v) is 10.8. The van der Waals surface area contributed by atoms with Gasteiger partial charge in [0.25, 0.3) is 0 Å². The summed E-state index contributed by atoms with van der Waals surface area (Å²) in [6.45, 7) is 16.2. The van der Waals surface area contributed by atoms with Gasteiger partial charge in [0.2, 0.25) is 0 Å². The number of rotatable bonds is 5. The first-order valence-electron chi connectivity index (χ1n) is 9.53. The van der Waals surface area contributed by atoms with E-state index in [4.69, 9.17) is 14.6 Å². The normalized spacial score (nSPS) is 12.3. The molecular formula is C22H30N3O3P. The van der Waals surface area contributed by atoms with Crippen LogP contribution in [0.2, 0.25) is 0 Å². The Morgan fingerprint density at radius 1 is 0.828 bits per heavy atom. The van der Waals surface area contributed by atoms with Gasteiger partial charge in [0.1, 0.15) is 11.5 Å². The standard InChI is InChI=1S/C22H30N3O3P/c1-15-9-11-19(17(13-15)21(3,4)5)27-29(26,25-24-23)28-20-12-10-16(2)14-18(20)22(6,7)8/h9-14H,1-8H3. The molecule has 0 amide bonds. The van der Waals surface area contributed by atoms with Crippen molar-refractivity contribution >= 4 is 7.75 Å². The maximum atomic E-state index is 13.4. The van der Waals surface area contributed by atoms with Gasteiger partial charge in [-0.05, 0) is 42.3 Å². The lowest BCUT2D eigenvalue weighted by atomic mass is 9.85. The van der Waals surface area contributed by atoms with Crippen LogP contribution in [-0.4, -0.2) is 0 Å². The number of nitrogens with zero attached hydrogens (tertiary/aromatic N) is 3. The largest absolute Gasteiger partial charge is 0.525 e. The van der Waals surface area contributed by atoms with Gasteiger partial charge in [-0.3, -0.25) is 0 Å². The molecule has 0 heterocycles. The molecule has 0 spiro atoms. The molecule has 0 saturated heterocycles. The van der Waals surface area contributed by atoms with Crippen molar-refractivity contribution in [3.05, 3.63) is 69.1 Å². The van der Waals surface area contributed by atoms with Crippen molar-refractivity contribution in [3.8, 4) is 11.5 Å². The van der Waals surface area contributed by atoms with Crippen LogP contribution in [0.25, 0.3) is 10.4 Å². The third-order valence-electron chi connectivity index (χ3n) is 4.46. The van der Waals surface area contributed by atoms with E-state index in [1.54, 1.807) is 12.1 Å². The van der Waals surface area contributed by atoms with Gasteiger partial charge >= 0.3 is 7.75 Å². The number of benzene rings is 2. The molecule has 0 saturated carbocycles. The highest BCUT2D eigenvalue weighted by Crippen LogP contribution is 2.53. The topological polar surface area (TPSA) is 84.3 Å². The maximum Gasteiger partial charge on any atom is 0.525 e. The van der Waals surface area contributed by atoms with Gasteiger partial charge in [0.05, 0.1) is 0 Å². The van der Waals surface area contributed by atoms with Crippen molar-refractivity contribution in [2.24, 2.45) is 4.88 Å². The SMILES string of the molecule is Cc1ccc(OP(=O)(N=[N+]=[N-])Oc2ccc(C)cc2C(C)(C)C)c(C(C)(C)C)c1. The Bertz CT molecular complexity index is 928. The van der Waals surface area contributed by atoms with Gasteiger partial charge in [-0.15, -0.1) is 0 Å². The van der Waals surface area contributed by atoms with Crippen molar-refractivity contribution in [2.75, 3.05) is 0 Å². The number of hydrogen-bond donors (Lipinski definition) is 0. The molecule has 0 aromatic heterocycles. The molecular weight excluding hydrogens is 385 g/mol. The van der Waals surface area contributed by atoms with E-state index in [1.807, 2.05) is 79.7 Å².